The van der Waals surface area contributed by atoms with Crippen molar-refractivity contribution in [2.24, 2.45) is 0 Å². The number of carbonyl (C=O) groups excluding carboxylic acids is 1. The first-order valence-corrected chi connectivity index (χ1v) is 9.68. The molecule has 0 radical (unpaired) electrons. The molecule has 8 heteroatoms. The van der Waals surface area contributed by atoms with Crippen LogP contribution in [0.2, 0.25) is 0 Å². The number of nitrogens with zero attached hydrogens (tertiary/aromatic N) is 2. The molecule has 0 saturated heterocycles. The van der Waals surface area contributed by atoms with Gasteiger partial charge >= 0.3 is 5.97 Å². The molecule has 0 spiro atoms. The molecule has 1 aromatic rings. The number of hydrogen-bond donors (Lipinski definition) is 1. The third-order valence-corrected chi connectivity index (χ3v) is 6.42. The smallest absolute Gasteiger partial charge is 0.318 e. The van der Waals surface area contributed by atoms with Crippen molar-refractivity contribution in [1.29, 1.82) is 0 Å². The summed E-state index contributed by atoms with van der Waals surface area (Å²) in [5, 5.41) is 9.01. The Hall–Kier alpha value is -1.93. The Labute approximate surface area is 148 Å². The van der Waals surface area contributed by atoms with Gasteiger partial charge in [0.05, 0.1) is 4.90 Å². The van der Waals surface area contributed by atoms with E-state index in [2.05, 4.69) is 0 Å². The van der Waals surface area contributed by atoms with E-state index in [1.807, 2.05) is 0 Å². The Morgan fingerprint density at radius 3 is 2.32 bits per heavy atom. The summed E-state index contributed by atoms with van der Waals surface area (Å²) >= 11 is 0. The van der Waals surface area contributed by atoms with Gasteiger partial charge in [0.25, 0.3) is 0 Å². The fraction of sp³-hybridized carbons (Fsp3) is 0.529. The average molecular weight is 368 g/mol. The third kappa shape index (κ3) is 4.38. The first kappa shape index (κ1) is 19.4. The molecule has 7 nitrogen and oxygen atoms in total. The van der Waals surface area contributed by atoms with Crippen molar-refractivity contribution in [2.45, 2.75) is 44.6 Å². The van der Waals surface area contributed by atoms with Crippen LogP contribution >= 0.6 is 0 Å². The number of carboxylic acid groups (broad SMARTS) is 1. The van der Waals surface area contributed by atoms with Crippen LogP contribution in [0.25, 0.3) is 0 Å². The largest absolute Gasteiger partial charge is 0.480 e. The van der Waals surface area contributed by atoms with Crippen molar-refractivity contribution in [3.05, 3.63) is 29.3 Å². The lowest BCUT2D eigenvalue weighted by molar-refractivity contribution is -0.137. The van der Waals surface area contributed by atoms with Gasteiger partial charge in [-0.05, 0) is 49.9 Å². The number of rotatable bonds is 5. The zero-order chi connectivity index (χ0) is 18.8. The molecule has 25 heavy (non-hydrogen) atoms. The molecule has 0 fully saturated rings. The monoisotopic (exact) mass is 368 g/mol. The minimum atomic E-state index is -3.90. The highest BCUT2D eigenvalue weighted by molar-refractivity contribution is 7.89. The van der Waals surface area contributed by atoms with Gasteiger partial charge in [-0.2, -0.15) is 4.31 Å². The molecule has 1 amide bonds. The van der Waals surface area contributed by atoms with Gasteiger partial charge in [-0.3, -0.25) is 9.59 Å². The van der Waals surface area contributed by atoms with Crippen molar-refractivity contribution in [3.63, 3.8) is 0 Å². The normalized spacial score (nSPS) is 15.2. The molecule has 1 aliphatic heterocycles. The van der Waals surface area contributed by atoms with Crippen molar-refractivity contribution in [3.8, 4) is 0 Å². The summed E-state index contributed by atoms with van der Waals surface area (Å²) in [7, 11) is -3.90. The quantitative estimate of drug-likeness (QED) is 0.840. The van der Waals surface area contributed by atoms with Gasteiger partial charge in [0, 0.05) is 26.1 Å². The van der Waals surface area contributed by atoms with Crippen LogP contribution in [0.1, 0.15) is 31.9 Å². The van der Waals surface area contributed by atoms with Crippen molar-refractivity contribution in [2.75, 3.05) is 19.6 Å². The number of amides is 1. The van der Waals surface area contributed by atoms with Gasteiger partial charge in [0.1, 0.15) is 6.54 Å². The van der Waals surface area contributed by atoms with E-state index < -0.39 is 28.6 Å². The van der Waals surface area contributed by atoms with Crippen molar-refractivity contribution >= 4 is 21.9 Å². The van der Waals surface area contributed by atoms with Crippen LogP contribution in [0.4, 0.5) is 0 Å². The number of carboxylic acids is 1. The maximum atomic E-state index is 12.9. The molecular formula is C17H24N2O5S. The molecule has 0 bridgehead atoms. The lowest BCUT2D eigenvalue weighted by Gasteiger charge is -2.24. The standard InChI is InChI=1S/C17H24N2O5S/c1-12(2)19(11-17(21)22)25(23,24)16-5-4-14-6-8-18(13(3)20)9-7-15(14)10-16/h4-5,10,12H,6-9,11H2,1-3H3,(H,21,22). The molecule has 0 unspecified atom stereocenters. The van der Waals surface area contributed by atoms with Crippen LogP contribution in [-0.4, -0.2) is 60.3 Å². The number of hydrogen-bond acceptors (Lipinski definition) is 4. The van der Waals surface area contributed by atoms with Gasteiger partial charge in [0.15, 0.2) is 0 Å². The van der Waals surface area contributed by atoms with Gasteiger partial charge in [-0.25, -0.2) is 8.42 Å². The molecule has 1 aromatic carbocycles. The molecule has 1 N–H and O–H groups in total. The fourth-order valence-corrected chi connectivity index (χ4v) is 4.63. The van der Waals surface area contributed by atoms with Gasteiger partial charge in [-0.1, -0.05) is 6.07 Å². The first-order chi connectivity index (χ1) is 11.6. The molecule has 2 rings (SSSR count). The number of sulfonamides is 1. The van der Waals surface area contributed by atoms with Crippen LogP contribution < -0.4 is 0 Å². The maximum Gasteiger partial charge on any atom is 0.318 e. The molecule has 1 aliphatic rings. The van der Waals surface area contributed by atoms with Crippen LogP contribution in [0.3, 0.4) is 0 Å². The van der Waals surface area contributed by atoms with Crippen LogP contribution in [0.5, 0.6) is 0 Å². The fourth-order valence-electron chi connectivity index (χ4n) is 2.99. The lowest BCUT2D eigenvalue weighted by Crippen LogP contribution is -2.40. The average Bonchev–Trinajstić information content (AvgIpc) is 2.73. The van der Waals surface area contributed by atoms with E-state index in [1.165, 1.54) is 13.0 Å². The number of aliphatic carboxylic acids is 1. The molecule has 0 saturated carbocycles. The predicted octanol–water partition coefficient (Wildman–Crippen LogP) is 1.12. The molecule has 138 valence electrons. The topological polar surface area (TPSA) is 95.0 Å². The third-order valence-electron chi connectivity index (χ3n) is 4.40. The lowest BCUT2D eigenvalue weighted by atomic mass is 10.0. The summed E-state index contributed by atoms with van der Waals surface area (Å²) in [6.45, 7) is 5.41. The molecule has 0 aromatic heterocycles. The summed E-state index contributed by atoms with van der Waals surface area (Å²) in [5.41, 5.74) is 1.92. The second kappa shape index (κ2) is 7.53. The Bertz CT molecular complexity index is 773. The number of benzene rings is 1. The van der Waals surface area contributed by atoms with Gasteiger partial charge in [-0.15, -0.1) is 0 Å². The maximum absolute atomic E-state index is 12.9. The minimum absolute atomic E-state index is 0.00749. The minimum Gasteiger partial charge on any atom is -0.480 e. The second-order valence-electron chi connectivity index (χ2n) is 6.47. The van der Waals surface area contributed by atoms with Crippen LogP contribution in [0, 0.1) is 0 Å². The van der Waals surface area contributed by atoms with Crippen molar-refractivity contribution in [1.82, 2.24) is 9.21 Å². The van der Waals surface area contributed by atoms with Crippen LogP contribution in [0.15, 0.2) is 23.1 Å². The summed E-state index contributed by atoms with van der Waals surface area (Å²) in [6, 6.07) is 4.44. The first-order valence-electron chi connectivity index (χ1n) is 8.24. The Balaban J connectivity index is 2.35. The Kier molecular flexibility index (Phi) is 5.84. The van der Waals surface area contributed by atoms with E-state index in [1.54, 1.807) is 30.9 Å². The van der Waals surface area contributed by atoms with Gasteiger partial charge < -0.3 is 10.0 Å². The Morgan fingerprint density at radius 2 is 1.80 bits per heavy atom. The van der Waals surface area contributed by atoms with E-state index >= 15 is 0 Å². The SMILES string of the molecule is CC(=O)N1CCc2ccc(S(=O)(=O)N(CC(=O)O)C(C)C)cc2CC1. The summed E-state index contributed by atoms with van der Waals surface area (Å²) in [5.74, 6) is -1.18. The number of carbonyl (C=O) groups is 2. The highest BCUT2D eigenvalue weighted by Gasteiger charge is 2.29. The molecular weight excluding hydrogens is 344 g/mol. The summed E-state index contributed by atoms with van der Waals surface area (Å²) in [4.78, 5) is 24.4. The highest BCUT2D eigenvalue weighted by atomic mass is 32.2. The van der Waals surface area contributed by atoms with E-state index in [-0.39, 0.29) is 10.8 Å². The zero-order valence-electron chi connectivity index (χ0n) is 14.7. The van der Waals surface area contributed by atoms with E-state index in [9.17, 15) is 18.0 Å². The van der Waals surface area contributed by atoms with Crippen molar-refractivity contribution < 1.29 is 23.1 Å². The van der Waals surface area contributed by atoms with E-state index in [0.29, 0.717) is 25.9 Å². The summed E-state index contributed by atoms with van der Waals surface area (Å²) < 4.78 is 26.7. The zero-order valence-corrected chi connectivity index (χ0v) is 15.5. The Morgan fingerprint density at radius 1 is 1.20 bits per heavy atom. The van der Waals surface area contributed by atoms with E-state index in [0.717, 1.165) is 15.4 Å². The number of fused-ring (bicyclic) bond motifs is 1. The van der Waals surface area contributed by atoms with Crippen LogP contribution in [-0.2, 0) is 32.5 Å². The molecule has 1 heterocycles. The molecule has 0 aliphatic carbocycles. The highest BCUT2D eigenvalue weighted by Crippen LogP contribution is 2.24. The summed E-state index contributed by atoms with van der Waals surface area (Å²) in [6.07, 6.45) is 1.26. The second-order valence-corrected chi connectivity index (χ2v) is 8.36. The predicted molar refractivity (Wildman–Crippen MR) is 92.8 cm³/mol. The molecule has 0 atom stereocenters. The van der Waals surface area contributed by atoms with E-state index in [4.69, 9.17) is 5.11 Å². The van der Waals surface area contributed by atoms with Gasteiger partial charge in [0.2, 0.25) is 15.9 Å².